The first-order valence-electron chi connectivity index (χ1n) is 10.1. The molecule has 1 aromatic carbocycles. The molecule has 0 aromatic heterocycles. The van der Waals surface area contributed by atoms with E-state index in [1.54, 1.807) is 0 Å². The van der Waals surface area contributed by atoms with E-state index in [-0.39, 0.29) is 16.9 Å². The number of rotatable bonds is 5. The van der Waals surface area contributed by atoms with E-state index in [4.69, 9.17) is 4.74 Å². The molecule has 1 aromatic rings. The lowest BCUT2D eigenvalue weighted by Gasteiger charge is -2.42. The van der Waals surface area contributed by atoms with Gasteiger partial charge in [0.2, 0.25) is 0 Å². The summed E-state index contributed by atoms with van der Waals surface area (Å²) in [6.07, 6.45) is -10.6. The maximum absolute atomic E-state index is 14.0. The first kappa shape index (κ1) is 26.8. The third kappa shape index (κ3) is 5.71. The van der Waals surface area contributed by atoms with E-state index in [0.717, 1.165) is 18.1 Å². The van der Waals surface area contributed by atoms with Gasteiger partial charge >= 0.3 is 12.4 Å². The molecule has 0 bridgehead atoms. The smallest absolute Gasteiger partial charge is 0.348 e. The molecule has 0 aliphatic carbocycles. The highest BCUT2D eigenvalue weighted by Crippen LogP contribution is 2.55. The molecule has 0 N–H and O–H groups in total. The Hall–Kier alpha value is -1.24. The molecule has 0 aliphatic rings. The zero-order chi connectivity index (χ0) is 23.9. The van der Waals surface area contributed by atoms with E-state index in [2.05, 4.69) is 0 Å². The zero-order valence-electron chi connectivity index (χ0n) is 19.3. The van der Waals surface area contributed by atoms with Gasteiger partial charge in [0.25, 0.3) is 5.60 Å². The van der Waals surface area contributed by atoms with Crippen molar-refractivity contribution in [3.63, 3.8) is 0 Å². The third-order valence-electron chi connectivity index (χ3n) is 5.04. The van der Waals surface area contributed by atoms with Crippen LogP contribution in [0, 0.1) is 18.3 Å². The topological polar surface area (TPSA) is 9.23 Å². The van der Waals surface area contributed by atoms with Crippen LogP contribution in [0.25, 0.3) is 0 Å². The molecule has 0 fully saturated rings. The van der Waals surface area contributed by atoms with Crippen molar-refractivity contribution in [1.29, 1.82) is 0 Å². The summed E-state index contributed by atoms with van der Waals surface area (Å²) in [7, 11) is 0. The minimum Gasteiger partial charge on any atom is -0.348 e. The van der Waals surface area contributed by atoms with Gasteiger partial charge in [-0.2, -0.15) is 26.3 Å². The second-order valence-corrected chi connectivity index (χ2v) is 10.5. The molecule has 0 saturated heterocycles. The van der Waals surface area contributed by atoms with E-state index in [9.17, 15) is 26.3 Å². The lowest BCUT2D eigenvalue weighted by atomic mass is 9.71. The summed E-state index contributed by atoms with van der Waals surface area (Å²) < 4.78 is 89.1. The average Bonchev–Trinajstić information content (AvgIpc) is 2.46. The molecule has 174 valence electrons. The summed E-state index contributed by atoms with van der Waals surface area (Å²) in [5.41, 5.74) is -6.57. The Morgan fingerprint density at radius 3 is 1.60 bits per heavy atom. The molecule has 0 saturated carbocycles. The van der Waals surface area contributed by atoms with Gasteiger partial charge in [0.05, 0.1) is 5.60 Å². The highest BCUT2D eigenvalue weighted by Gasteiger charge is 2.74. The van der Waals surface area contributed by atoms with E-state index in [0.29, 0.717) is 5.92 Å². The summed E-state index contributed by atoms with van der Waals surface area (Å²) in [6, 6.07) is 3.78. The van der Waals surface area contributed by atoms with Gasteiger partial charge in [0.15, 0.2) is 0 Å². The van der Waals surface area contributed by atoms with Gasteiger partial charge < -0.3 is 4.74 Å². The molecule has 1 atom stereocenters. The quantitative estimate of drug-likeness (QED) is 0.418. The van der Waals surface area contributed by atoms with E-state index < -0.39 is 29.1 Å². The lowest BCUT2D eigenvalue weighted by Crippen LogP contribution is -2.59. The van der Waals surface area contributed by atoms with Crippen molar-refractivity contribution in [2.45, 2.75) is 98.2 Å². The predicted octanol–water partition coefficient (Wildman–Crippen LogP) is 8.31. The van der Waals surface area contributed by atoms with Crippen molar-refractivity contribution in [2.75, 3.05) is 0 Å². The van der Waals surface area contributed by atoms with E-state index in [1.807, 2.05) is 34.6 Å². The second-order valence-electron chi connectivity index (χ2n) is 10.5. The Kier molecular flexibility index (Phi) is 7.47. The molecule has 1 unspecified atom stereocenters. The summed E-state index contributed by atoms with van der Waals surface area (Å²) >= 11 is 0. The van der Waals surface area contributed by atoms with E-state index >= 15 is 0 Å². The molecule has 1 rings (SSSR count). The van der Waals surface area contributed by atoms with Crippen LogP contribution < -0.4 is 0 Å². The maximum atomic E-state index is 14.0. The molecular weight excluding hydrogens is 406 g/mol. The second kappa shape index (κ2) is 8.36. The molecule has 0 spiro atoms. The van der Waals surface area contributed by atoms with Crippen molar-refractivity contribution in [3.05, 3.63) is 34.9 Å². The summed E-state index contributed by atoms with van der Waals surface area (Å²) in [4.78, 5) is 0. The Morgan fingerprint density at radius 2 is 1.30 bits per heavy atom. The van der Waals surface area contributed by atoms with Crippen LogP contribution in [0.15, 0.2) is 18.2 Å². The average molecular weight is 441 g/mol. The highest BCUT2D eigenvalue weighted by molar-refractivity contribution is 5.40. The fraction of sp³-hybridized carbons (Fsp3) is 0.739. The third-order valence-corrected chi connectivity index (χ3v) is 5.04. The van der Waals surface area contributed by atoms with Crippen LogP contribution in [0.3, 0.4) is 0 Å². The maximum Gasteiger partial charge on any atom is 0.430 e. The van der Waals surface area contributed by atoms with Crippen LogP contribution in [0.4, 0.5) is 26.3 Å². The number of alkyl halides is 6. The standard InChI is InChI=1S/C23H34F6O/c1-14(2)12-18(19(4,5)6)16-10-11-17(15(3)13-16)21(22(24,25)26,23(27,28)29)30-20(7,8)9/h10-11,13-14,18H,12H2,1-9H3. The van der Waals surface area contributed by atoms with Gasteiger partial charge in [-0.25, -0.2) is 0 Å². The Labute approximate surface area is 176 Å². The Morgan fingerprint density at radius 1 is 0.833 bits per heavy atom. The zero-order valence-corrected chi connectivity index (χ0v) is 19.3. The number of halogens is 6. The van der Waals surface area contributed by atoms with Gasteiger partial charge in [-0.1, -0.05) is 52.8 Å². The van der Waals surface area contributed by atoms with Gasteiger partial charge in [0.1, 0.15) is 0 Å². The van der Waals surface area contributed by atoms with Crippen LogP contribution >= 0.6 is 0 Å². The van der Waals surface area contributed by atoms with Crippen LogP contribution in [0.5, 0.6) is 0 Å². The number of aryl methyl sites for hydroxylation is 1. The number of hydrogen-bond acceptors (Lipinski definition) is 1. The van der Waals surface area contributed by atoms with Crippen LogP contribution in [0.2, 0.25) is 0 Å². The first-order valence-corrected chi connectivity index (χ1v) is 10.1. The molecule has 1 nitrogen and oxygen atoms in total. The van der Waals surface area contributed by atoms with Crippen molar-refractivity contribution < 1.29 is 31.1 Å². The molecule has 0 amide bonds. The Bertz CT molecular complexity index is 703. The van der Waals surface area contributed by atoms with Crippen molar-refractivity contribution in [2.24, 2.45) is 11.3 Å². The number of ether oxygens (including phenoxy) is 1. The first-order chi connectivity index (χ1) is 13.1. The monoisotopic (exact) mass is 440 g/mol. The molecular formula is C23H34F6O. The molecule has 0 radical (unpaired) electrons. The van der Waals surface area contributed by atoms with Crippen molar-refractivity contribution in [3.8, 4) is 0 Å². The van der Waals surface area contributed by atoms with E-state index in [1.165, 1.54) is 39.8 Å². The predicted molar refractivity (Wildman–Crippen MR) is 107 cm³/mol. The Balaban J connectivity index is 3.77. The molecule has 30 heavy (non-hydrogen) atoms. The largest absolute Gasteiger partial charge is 0.430 e. The van der Waals surface area contributed by atoms with Crippen LogP contribution in [-0.2, 0) is 10.3 Å². The summed E-state index contributed by atoms with van der Waals surface area (Å²) in [5.74, 6) is 0.308. The number of benzene rings is 1. The summed E-state index contributed by atoms with van der Waals surface area (Å²) in [6.45, 7) is 15.0. The SMILES string of the molecule is Cc1cc(C(CC(C)C)C(C)(C)C)ccc1C(OC(C)(C)C)(C(F)(F)F)C(F)(F)F. The molecule has 7 heteroatoms. The van der Waals surface area contributed by atoms with Gasteiger partial charge in [0, 0.05) is 5.56 Å². The van der Waals surface area contributed by atoms with Crippen molar-refractivity contribution in [1.82, 2.24) is 0 Å². The normalized spacial score (nSPS) is 15.6. The minimum absolute atomic E-state index is 0.0139. The van der Waals surface area contributed by atoms with Gasteiger partial charge in [-0.3, -0.25) is 0 Å². The minimum atomic E-state index is -5.69. The lowest BCUT2D eigenvalue weighted by molar-refractivity contribution is -0.407. The fourth-order valence-corrected chi connectivity index (χ4v) is 3.86. The summed E-state index contributed by atoms with van der Waals surface area (Å²) in [5, 5.41) is 0. The number of hydrogen-bond donors (Lipinski definition) is 0. The van der Waals surface area contributed by atoms with Crippen LogP contribution in [0.1, 0.15) is 84.4 Å². The highest BCUT2D eigenvalue weighted by atomic mass is 19.4. The van der Waals surface area contributed by atoms with Crippen molar-refractivity contribution >= 4 is 0 Å². The molecule has 0 heterocycles. The molecule has 0 aliphatic heterocycles. The van der Waals surface area contributed by atoms with Crippen LogP contribution in [-0.4, -0.2) is 18.0 Å². The van der Waals surface area contributed by atoms with Gasteiger partial charge in [-0.05, 0) is 62.5 Å². The fourth-order valence-electron chi connectivity index (χ4n) is 3.86. The van der Waals surface area contributed by atoms with Gasteiger partial charge in [-0.15, -0.1) is 0 Å².